The zero-order valence-corrected chi connectivity index (χ0v) is 14.8. The minimum absolute atomic E-state index is 0.113. The molecule has 2 heterocycles. The first-order chi connectivity index (χ1) is 12.7. The topological polar surface area (TPSA) is 85.8 Å². The highest BCUT2D eigenvalue weighted by Crippen LogP contribution is 2.35. The van der Waals surface area contributed by atoms with Gasteiger partial charge in [-0.1, -0.05) is 6.07 Å². The van der Waals surface area contributed by atoms with Gasteiger partial charge in [0.2, 0.25) is 5.88 Å². The fourth-order valence-corrected chi connectivity index (χ4v) is 2.92. The van der Waals surface area contributed by atoms with E-state index in [2.05, 4.69) is 15.5 Å². The molecule has 1 N–H and O–H groups in total. The number of rotatable bonds is 5. The number of carbonyl (C=O) groups excluding carboxylic acids is 1. The molecule has 1 atom stereocenters. The maximum Gasteiger partial charge on any atom is 0.322 e. The number of benzene rings is 1. The molecule has 8 nitrogen and oxygen atoms in total. The van der Waals surface area contributed by atoms with Crippen LogP contribution in [-0.4, -0.2) is 54.5 Å². The fraction of sp³-hybridized carbons (Fsp3) is 0.389. The van der Waals surface area contributed by atoms with Crippen LogP contribution >= 0.6 is 0 Å². The summed E-state index contributed by atoms with van der Waals surface area (Å²) >= 11 is 0. The molecule has 1 saturated heterocycles. The van der Waals surface area contributed by atoms with E-state index < -0.39 is 0 Å². The second-order valence-electron chi connectivity index (χ2n) is 5.86. The third-order valence-corrected chi connectivity index (χ3v) is 4.15. The number of likely N-dealkylation sites (tertiary alicyclic amines) is 1. The van der Waals surface area contributed by atoms with E-state index in [9.17, 15) is 4.79 Å². The van der Waals surface area contributed by atoms with Crippen LogP contribution in [0.3, 0.4) is 0 Å². The van der Waals surface area contributed by atoms with Gasteiger partial charge in [0.15, 0.2) is 11.5 Å². The summed E-state index contributed by atoms with van der Waals surface area (Å²) in [5.74, 6) is 1.52. The second-order valence-corrected chi connectivity index (χ2v) is 5.86. The predicted octanol–water partition coefficient (Wildman–Crippen LogP) is 2.57. The van der Waals surface area contributed by atoms with Gasteiger partial charge in [-0.2, -0.15) is 5.10 Å². The van der Waals surface area contributed by atoms with Crippen LogP contribution in [0.1, 0.15) is 12.8 Å². The molecule has 1 aliphatic rings. The average Bonchev–Trinajstić information content (AvgIpc) is 2.68. The van der Waals surface area contributed by atoms with E-state index in [0.29, 0.717) is 36.2 Å². The number of piperidine rings is 1. The summed E-state index contributed by atoms with van der Waals surface area (Å²) in [6, 6.07) is 8.67. The Morgan fingerprint density at radius 2 is 2.12 bits per heavy atom. The van der Waals surface area contributed by atoms with E-state index in [1.807, 2.05) is 0 Å². The van der Waals surface area contributed by atoms with Gasteiger partial charge in [-0.25, -0.2) is 4.79 Å². The van der Waals surface area contributed by atoms with E-state index >= 15 is 0 Å². The lowest BCUT2D eigenvalue weighted by atomic mass is 10.1. The molecule has 1 unspecified atom stereocenters. The standard InChI is InChI=1S/C18H22N4O4/c1-24-15-8-3-7-14(17(15)25-2)20-18(23)22-11-5-6-13(12-22)26-16-9-4-10-19-21-16/h3-4,7-10,13H,5-6,11-12H2,1-2H3,(H,20,23). The molecule has 1 aromatic heterocycles. The molecule has 26 heavy (non-hydrogen) atoms. The minimum Gasteiger partial charge on any atom is -0.493 e. The molecular weight excluding hydrogens is 336 g/mol. The van der Waals surface area contributed by atoms with Crippen LogP contribution in [0, 0.1) is 0 Å². The number of hydrogen-bond donors (Lipinski definition) is 1. The van der Waals surface area contributed by atoms with Crippen molar-refractivity contribution in [2.24, 2.45) is 0 Å². The van der Waals surface area contributed by atoms with Gasteiger partial charge in [0.05, 0.1) is 26.5 Å². The van der Waals surface area contributed by atoms with E-state index in [-0.39, 0.29) is 12.1 Å². The molecule has 1 aromatic carbocycles. The highest BCUT2D eigenvalue weighted by Gasteiger charge is 2.26. The van der Waals surface area contributed by atoms with Crippen LogP contribution in [0.5, 0.6) is 17.4 Å². The monoisotopic (exact) mass is 358 g/mol. The van der Waals surface area contributed by atoms with E-state index in [1.54, 1.807) is 55.6 Å². The number of nitrogens with zero attached hydrogens (tertiary/aromatic N) is 3. The summed E-state index contributed by atoms with van der Waals surface area (Å²) in [5.41, 5.74) is 0.564. The number of carbonyl (C=O) groups is 1. The molecule has 0 aliphatic carbocycles. The number of methoxy groups -OCH3 is 2. The highest BCUT2D eigenvalue weighted by molar-refractivity contribution is 5.91. The average molecular weight is 358 g/mol. The molecule has 1 fully saturated rings. The van der Waals surface area contributed by atoms with Crippen molar-refractivity contribution in [2.45, 2.75) is 18.9 Å². The lowest BCUT2D eigenvalue weighted by Gasteiger charge is -2.32. The van der Waals surface area contributed by atoms with Gasteiger partial charge >= 0.3 is 6.03 Å². The van der Waals surface area contributed by atoms with Crippen molar-refractivity contribution in [3.63, 3.8) is 0 Å². The molecule has 0 spiro atoms. The van der Waals surface area contributed by atoms with Crippen LogP contribution in [0.25, 0.3) is 0 Å². The van der Waals surface area contributed by atoms with Crippen molar-refractivity contribution in [1.29, 1.82) is 0 Å². The number of hydrogen-bond acceptors (Lipinski definition) is 6. The van der Waals surface area contributed by atoms with Gasteiger partial charge < -0.3 is 24.4 Å². The third kappa shape index (κ3) is 4.14. The van der Waals surface area contributed by atoms with Gasteiger partial charge in [0, 0.05) is 18.8 Å². The minimum atomic E-state index is -0.205. The van der Waals surface area contributed by atoms with Crippen molar-refractivity contribution < 1.29 is 19.0 Å². The highest BCUT2D eigenvalue weighted by atomic mass is 16.5. The van der Waals surface area contributed by atoms with Crippen molar-refractivity contribution in [2.75, 3.05) is 32.6 Å². The Morgan fingerprint density at radius 1 is 1.23 bits per heavy atom. The maximum atomic E-state index is 12.7. The molecule has 2 aromatic rings. The zero-order chi connectivity index (χ0) is 18.4. The smallest absolute Gasteiger partial charge is 0.322 e. The number of aromatic nitrogens is 2. The van der Waals surface area contributed by atoms with Crippen molar-refractivity contribution >= 4 is 11.7 Å². The van der Waals surface area contributed by atoms with Gasteiger partial charge in [0.1, 0.15) is 6.10 Å². The van der Waals surface area contributed by atoms with Crippen LogP contribution in [-0.2, 0) is 0 Å². The van der Waals surface area contributed by atoms with Crippen LogP contribution in [0.2, 0.25) is 0 Å². The molecule has 2 amide bonds. The lowest BCUT2D eigenvalue weighted by molar-refractivity contribution is 0.102. The van der Waals surface area contributed by atoms with Crippen LogP contribution in [0.4, 0.5) is 10.5 Å². The Labute approximate surface area is 152 Å². The Kier molecular flexibility index (Phi) is 5.73. The molecule has 138 valence electrons. The molecule has 3 rings (SSSR count). The van der Waals surface area contributed by atoms with E-state index in [0.717, 1.165) is 12.8 Å². The number of ether oxygens (including phenoxy) is 3. The molecule has 0 bridgehead atoms. The SMILES string of the molecule is COc1cccc(NC(=O)N2CCCC(Oc3cccnn3)C2)c1OC. The van der Waals surface area contributed by atoms with Gasteiger partial charge in [-0.3, -0.25) is 0 Å². The molecule has 0 radical (unpaired) electrons. The fourth-order valence-electron chi connectivity index (χ4n) is 2.92. The first kappa shape index (κ1) is 17.8. The number of nitrogens with one attached hydrogen (secondary N) is 1. The Hall–Kier alpha value is -3.03. The van der Waals surface area contributed by atoms with Gasteiger partial charge in [-0.05, 0) is 31.0 Å². The van der Waals surface area contributed by atoms with Crippen LogP contribution < -0.4 is 19.5 Å². The molecule has 1 aliphatic heterocycles. The summed E-state index contributed by atoms with van der Waals surface area (Å²) in [7, 11) is 3.10. The lowest BCUT2D eigenvalue weighted by Crippen LogP contribution is -2.46. The van der Waals surface area contributed by atoms with Crippen molar-refractivity contribution in [3.05, 3.63) is 36.5 Å². The van der Waals surface area contributed by atoms with Crippen molar-refractivity contribution in [3.8, 4) is 17.4 Å². The molecule has 8 heteroatoms. The Balaban J connectivity index is 1.64. The number of urea groups is 1. The third-order valence-electron chi connectivity index (χ3n) is 4.15. The number of amides is 2. The van der Waals surface area contributed by atoms with E-state index in [1.165, 1.54) is 0 Å². The van der Waals surface area contributed by atoms with E-state index in [4.69, 9.17) is 14.2 Å². The zero-order valence-electron chi connectivity index (χ0n) is 14.8. The molecular formula is C18H22N4O4. The predicted molar refractivity (Wildman–Crippen MR) is 95.8 cm³/mol. The van der Waals surface area contributed by atoms with Gasteiger partial charge in [-0.15, -0.1) is 5.10 Å². The number of anilines is 1. The maximum absolute atomic E-state index is 12.7. The summed E-state index contributed by atoms with van der Waals surface area (Å²) < 4.78 is 16.4. The first-order valence-corrected chi connectivity index (χ1v) is 8.42. The first-order valence-electron chi connectivity index (χ1n) is 8.42. The second kappa shape index (κ2) is 8.37. The summed E-state index contributed by atoms with van der Waals surface area (Å²) in [4.78, 5) is 14.4. The molecule has 0 saturated carbocycles. The van der Waals surface area contributed by atoms with Crippen molar-refractivity contribution in [1.82, 2.24) is 15.1 Å². The Morgan fingerprint density at radius 3 is 2.85 bits per heavy atom. The number of para-hydroxylation sites is 1. The Bertz CT molecular complexity index is 741. The van der Waals surface area contributed by atoms with Crippen LogP contribution in [0.15, 0.2) is 36.5 Å². The summed E-state index contributed by atoms with van der Waals surface area (Å²) in [5, 5.41) is 10.6. The quantitative estimate of drug-likeness (QED) is 0.884. The normalized spacial score (nSPS) is 16.7. The summed E-state index contributed by atoms with van der Waals surface area (Å²) in [6.45, 7) is 1.15. The largest absolute Gasteiger partial charge is 0.493 e. The summed E-state index contributed by atoms with van der Waals surface area (Å²) in [6.07, 6.45) is 3.20. The van der Waals surface area contributed by atoms with Gasteiger partial charge in [0.25, 0.3) is 0 Å².